The molecular weight excluding hydrogens is 500 g/mol. The van der Waals surface area contributed by atoms with Gasteiger partial charge in [-0.1, -0.05) is 72.8 Å². The minimum absolute atomic E-state index is 0.666. The standard InChI is InChI=1S/C37H20N4/c38-21-22-16-19-31-28(20-22)25-10-7-15-34-35(25)39(31)32-13-5-6-14-33(32)40-29-11-3-1-8-23(29)26-17-18-27-24-9-2-4-12-30(24)41(34)37(27)36(26)40/h1-20H. The number of nitriles is 1. The molecule has 4 heteroatoms. The van der Waals surface area contributed by atoms with E-state index in [9.17, 15) is 5.26 Å². The highest BCUT2D eigenvalue weighted by Gasteiger charge is 2.21. The first-order valence-electron chi connectivity index (χ1n) is 13.9. The van der Waals surface area contributed by atoms with Crippen molar-refractivity contribution in [2.45, 2.75) is 0 Å². The van der Waals surface area contributed by atoms with Gasteiger partial charge in [0.25, 0.3) is 0 Å². The largest absolute Gasteiger partial charge is 0.305 e. The molecular formula is C37H20N4. The van der Waals surface area contributed by atoms with E-state index in [2.05, 4.69) is 128 Å². The van der Waals surface area contributed by atoms with Crippen LogP contribution in [-0.2, 0) is 0 Å². The second-order valence-corrected chi connectivity index (χ2v) is 10.9. The average molecular weight is 521 g/mol. The van der Waals surface area contributed by atoms with E-state index < -0.39 is 0 Å². The first kappa shape index (κ1) is 21.1. The zero-order valence-electron chi connectivity index (χ0n) is 21.8. The van der Waals surface area contributed by atoms with Crippen LogP contribution in [0.3, 0.4) is 0 Å². The number of benzene rings is 6. The number of fused-ring (bicyclic) bond motifs is 13. The Morgan fingerprint density at radius 1 is 0.366 bits per heavy atom. The molecule has 0 N–H and O–H groups in total. The summed E-state index contributed by atoms with van der Waals surface area (Å²) in [6, 6.07) is 45.8. The first-order chi connectivity index (χ1) is 20.3. The van der Waals surface area contributed by atoms with Gasteiger partial charge in [0, 0.05) is 32.3 Å². The van der Waals surface area contributed by atoms with Crippen molar-refractivity contribution < 1.29 is 0 Å². The summed E-state index contributed by atoms with van der Waals surface area (Å²) in [7, 11) is 0. The summed E-state index contributed by atoms with van der Waals surface area (Å²) in [5.41, 5.74) is 11.0. The van der Waals surface area contributed by atoms with Gasteiger partial charge in [-0.2, -0.15) is 5.26 Å². The normalized spacial score (nSPS) is 12.4. The molecule has 0 spiro atoms. The zero-order valence-corrected chi connectivity index (χ0v) is 21.8. The maximum Gasteiger partial charge on any atom is 0.0991 e. The molecule has 4 nitrogen and oxygen atoms in total. The van der Waals surface area contributed by atoms with Crippen LogP contribution in [0.1, 0.15) is 5.56 Å². The van der Waals surface area contributed by atoms with Crippen LogP contribution in [-0.4, -0.2) is 13.2 Å². The van der Waals surface area contributed by atoms with E-state index in [0.29, 0.717) is 5.56 Å². The Bertz CT molecular complexity index is 2820. The SMILES string of the molecule is N#Cc1ccc2c(c1)c1cccc3c1n2c1ccccc1n1c2ccccc2c2ccc4c5ccccc5n3c4c21. The van der Waals surface area contributed by atoms with Crippen molar-refractivity contribution in [3.05, 3.63) is 127 Å². The summed E-state index contributed by atoms with van der Waals surface area (Å²) in [6.45, 7) is 0. The van der Waals surface area contributed by atoms with Gasteiger partial charge in [0.2, 0.25) is 0 Å². The maximum absolute atomic E-state index is 9.78. The molecule has 0 saturated carbocycles. The van der Waals surface area contributed by atoms with Gasteiger partial charge >= 0.3 is 0 Å². The van der Waals surface area contributed by atoms with Crippen LogP contribution in [0.4, 0.5) is 0 Å². The van der Waals surface area contributed by atoms with Crippen LogP contribution in [0, 0.1) is 11.3 Å². The Morgan fingerprint density at radius 2 is 0.829 bits per heavy atom. The Labute approximate surface area is 233 Å². The fraction of sp³-hybridized carbons (Fsp3) is 0. The smallest absolute Gasteiger partial charge is 0.0991 e. The number of rotatable bonds is 0. The lowest BCUT2D eigenvalue weighted by Crippen LogP contribution is -1.90. The molecule has 0 unspecified atom stereocenters. The molecule has 0 aliphatic heterocycles. The van der Waals surface area contributed by atoms with Crippen molar-refractivity contribution in [3.63, 3.8) is 0 Å². The average Bonchev–Trinajstić information content (AvgIpc) is 3.67. The second kappa shape index (κ2) is 7.24. The van der Waals surface area contributed by atoms with Gasteiger partial charge in [-0.25, -0.2) is 0 Å². The minimum atomic E-state index is 0.666. The van der Waals surface area contributed by atoms with Crippen molar-refractivity contribution in [1.82, 2.24) is 13.2 Å². The van der Waals surface area contributed by atoms with Crippen molar-refractivity contribution >= 4 is 82.0 Å². The van der Waals surface area contributed by atoms with Gasteiger partial charge < -0.3 is 13.2 Å². The van der Waals surface area contributed by atoms with Crippen LogP contribution in [0.15, 0.2) is 121 Å². The lowest BCUT2D eigenvalue weighted by atomic mass is 10.1. The Balaban J connectivity index is 1.73. The van der Waals surface area contributed by atoms with Gasteiger partial charge in [-0.3, -0.25) is 0 Å². The number of para-hydroxylation sites is 5. The van der Waals surface area contributed by atoms with Crippen molar-refractivity contribution in [3.8, 4) is 6.07 Å². The van der Waals surface area contributed by atoms with Crippen LogP contribution >= 0.6 is 0 Å². The highest BCUT2D eigenvalue weighted by Crippen LogP contribution is 2.42. The number of aromatic nitrogens is 3. The molecule has 10 rings (SSSR count). The zero-order chi connectivity index (χ0) is 26.8. The van der Waals surface area contributed by atoms with Crippen molar-refractivity contribution in [2.75, 3.05) is 0 Å². The molecule has 0 radical (unpaired) electrons. The summed E-state index contributed by atoms with van der Waals surface area (Å²) < 4.78 is 7.34. The monoisotopic (exact) mass is 520 g/mol. The molecule has 0 fully saturated rings. The molecule has 4 heterocycles. The molecule has 0 bridgehead atoms. The summed E-state index contributed by atoms with van der Waals surface area (Å²) >= 11 is 0. The maximum atomic E-state index is 9.78. The van der Waals surface area contributed by atoms with Crippen molar-refractivity contribution in [1.29, 1.82) is 5.26 Å². The van der Waals surface area contributed by atoms with Gasteiger partial charge in [0.15, 0.2) is 0 Å². The van der Waals surface area contributed by atoms with Crippen LogP contribution in [0.25, 0.3) is 82.0 Å². The second-order valence-electron chi connectivity index (χ2n) is 10.9. The predicted octanol–water partition coefficient (Wildman–Crippen LogP) is 9.24. The van der Waals surface area contributed by atoms with E-state index in [1.807, 2.05) is 12.1 Å². The van der Waals surface area contributed by atoms with Crippen LogP contribution < -0.4 is 0 Å². The number of hydrogen-bond donors (Lipinski definition) is 0. The van der Waals surface area contributed by atoms with Crippen LogP contribution in [0.2, 0.25) is 0 Å². The van der Waals surface area contributed by atoms with E-state index >= 15 is 0 Å². The predicted molar refractivity (Wildman–Crippen MR) is 169 cm³/mol. The summed E-state index contributed by atoms with van der Waals surface area (Å²) in [6.07, 6.45) is 0. The topological polar surface area (TPSA) is 37.0 Å². The first-order valence-corrected chi connectivity index (χ1v) is 13.9. The third-order valence-electron chi connectivity index (χ3n) is 8.97. The summed E-state index contributed by atoms with van der Waals surface area (Å²) in [5, 5.41) is 17.0. The van der Waals surface area contributed by atoms with Crippen molar-refractivity contribution in [2.24, 2.45) is 0 Å². The number of nitrogens with zero attached hydrogens (tertiary/aromatic N) is 4. The molecule has 0 aliphatic carbocycles. The van der Waals surface area contributed by atoms with Crippen LogP contribution in [0.5, 0.6) is 0 Å². The molecule has 4 aromatic heterocycles. The molecule has 0 atom stereocenters. The van der Waals surface area contributed by atoms with E-state index in [-0.39, 0.29) is 0 Å². The lowest BCUT2D eigenvalue weighted by molar-refractivity contribution is 1.30. The van der Waals surface area contributed by atoms with E-state index in [1.165, 1.54) is 43.6 Å². The van der Waals surface area contributed by atoms with Gasteiger partial charge in [-0.05, 0) is 48.5 Å². The highest BCUT2D eigenvalue weighted by molar-refractivity contribution is 6.25. The fourth-order valence-electron chi connectivity index (χ4n) is 7.39. The Kier molecular flexibility index (Phi) is 3.72. The van der Waals surface area contributed by atoms with Gasteiger partial charge in [0.1, 0.15) is 0 Å². The third kappa shape index (κ3) is 2.42. The molecule has 0 saturated heterocycles. The number of hydrogen-bond acceptors (Lipinski definition) is 1. The molecule has 188 valence electrons. The highest BCUT2D eigenvalue weighted by atomic mass is 15.0. The quantitative estimate of drug-likeness (QED) is 0.196. The molecule has 0 aliphatic rings. The summed E-state index contributed by atoms with van der Waals surface area (Å²) in [5.74, 6) is 0. The van der Waals surface area contributed by atoms with E-state index in [4.69, 9.17) is 0 Å². The third-order valence-corrected chi connectivity index (χ3v) is 8.97. The Morgan fingerprint density at radius 3 is 1.46 bits per heavy atom. The summed E-state index contributed by atoms with van der Waals surface area (Å²) in [4.78, 5) is 0. The van der Waals surface area contributed by atoms with E-state index in [0.717, 1.165) is 38.4 Å². The lowest BCUT2D eigenvalue weighted by Gasteiger charge is -2.05. The molecule has 41 heavy (non-hydrogen) atoms. The van der Waals surface area contributed by atoms with E-state index in [1.54, 1.807) is 0 Å². The molecule has 6 aromatic carbocycles. The Hall–Kier alpha value is -5.79. The van der Waals surface area contributed by atoms with Gasteiger partial charge in [-0.15, -0.1) is 0 Å². The minimum Gasteiger partial charge on any atom is -0.305 e. The fourth-order valence-corrected chi connectivity index (χ4v) is 7.39. The van der Waals surface area contributed by atoms with Gasteiger partial charge in [0.05, 0.1) is 61.3 Å². The molecule has 0 amide bonds. The molecule has 10 aromatic rings.